The van der Waals surface area contributed by atoms with Gasteiger partial charge in [-0.15, -0.1) is 0 Å². The van der Waals surface area contributed by atoms with Crippen molar-refractivity contribution in [1.82, 2.24) is 4.98 Å². The first kappa shape index (κ1) is 9.86. The fraction of sp³-hybridized carbons (Fsp3) is 0. The van der Waals surface area contributed by atoms with Crippen LogP contribution in [-0.2, 0) is 0 Å². The molecule has 0 amide bonds. The predicted molar refractivity (Wildman–Crippen MR) is 52.1 cm³/mol. The number of carbonyl (C=O) groups is 1. The average Bonchev–Trinajstić information content (AvgIpc) is 2.67. The lowest BCUT2D eigenvalue weighted by molar-refractivity contribution is 0.107. The summed E-state index contributed by atoms with van der Waals surface area (Å²) >= 11 is 5.30. The Hall–Kier alpha value is -1.68. The van der Waals surface area contributed by atoms with Gasteiger partial charge in [0.05, 0.1) is 0 Å². The second-order valence-electron chi connectivity index (χ2n) is 2.81. The van der Waals surface area contributed by atoms with Gasteiger partial charge in [-0.2, -0.15) is 0 Å². The number of hydrogen-bond donors (Lipinski definition) is 0. The molecule has 1 aromatic carbocycles. The minimum absolute atomic E-state index is 0.0308. The monoisotopic (exact) mass is 225 g/mol. The summed E-state index contributed by atoms with van der Waals surface area (Å²) in [7, 11) is 0. The van der Waals surface area contributed by atoms with E-state index in [0.29, 0.717) is 5.56 Å². The lowest BCUT2D eigenvalue weighted by Gasteiger charge is -1.97. The van der Waals surface area contributed by atoms with Crippen molar-refractivity contribution in [3.63, 3.8) is 0 Å². The van der Waals surface area contributed by atoms with Crippen LogP contribution in [0.15, 0.2) is 35.1 Å². The van der Waals surface area contributed by atoms with Gasteiger partial charge in [0, 0.05) is 5.56 Å². The van der Waals surface area contributed by atoms with Crippen molar-refractivity contribution in [3.05, 3.63) is 42.2 Å². The molecule has 5 heteroatoms. The molecule has 0 spiro atoms. The van der Waals surface area contributed by atoms with Crippen molar-refractivity contribution in [2.45, 2.75) is 0 Å². The Morgan fingerprint density at radius 1 is 1.33 bits per heavy atom. The van der Waals surface area contributed by atoms with Gasteiger partial charge in [0.25, 0.3) is 5.24 Å². The Labute approximate surface area is 89.5 Å². The van der Waals surface area contributed by atoms with E-state index in [1.165, 1.54) is 24.3 Å². The Morgan fingerprint density at radius 3 is 2.60 bits per heavy atom. The Bertz CT molecular complexity index is 492. The van der Waals surface area contributed by atoms with Crippen molar-refractivity contribution in [3.8, 4) is 11.3 Å². The molecule has 0 aliphatic carbocycles. The second-order valence-corrected chi connectivity index (χ2v) is 3.15. The van der Waals surface area contributed by atoms with E-state index in [9.17, 15) is 9.18 Å². The van der Waals surface area contributed by atoms with E-state index in [1.54, 1.807) is 0 Å². The van der Waals surface area contributed by atoms with Gasteiger partial charge in [-0.1, -0.05) is 0 Å². The molecule has 76 valence electrons. The van der Waals surface area contributed by atoms with E-state index < -0.39 is 5.24 Å². The van der Waals surface area contributed by atoms with E-state index in [-0.39, 0.29) is 17.3 Å². The highest BCUT2D eigenvalue weighted by atomic mass is 35.5. The van der Waals surface area contributed by atoms with E-state index >= 15 is 0 Å². The minimum atomic E-state index is -0.705. The molecule has 0 unspecified atom stereocenters. The zero-order chi connectivity index (χ0) is 10.8. The van der Waals surface area contributed by atoms with Crippen molar-refractivity contribution in [1.29, 1.82) is 0 Å². The summed E-state index contributed by atoms with van der Waals surface area (Å²) < 4.78 is 17.7. The quantitative estimate of drug-likeness (QED) is 0.738. The largest absolute Gasteiger partial charge is 0.443 e. The molecule has 3 nitrogen and oxygen atoms in total. The molecular formula is C10H5ClFNO2. The van der Waals surface area contributed by atoms with E-state index in [0.717, 1.165) is 6.39 Å². The number of aromatic nitrogens is 1. The molecule has 0 aliphatic heterocycles. The fourth-order valence-electron chi connectivity index (χ4n) is 1.19. The van der Waals surface area contributed by atoms with Gasteiger partial charge < -0.3 is 4.42 Å². The van der Waals surface area contributed by atoms with Crippen LogP contribution in [0.4, 0.5) is 4.39 Å². The average molecular weight is 226 g/mol. The highest BCUT2D eigenvalue weighted by Crippen LogP contribution is 2.24. The number of oxazole rings is 1. The Balaban J connectivity index is 2.49. The van der Waals surface area contributed by atoms with E-state index in [4.69, 9.17) is 16.0 Å². The summed E-state index contributed by atoms with van der Waals surface area (Å²) in [5, 5.41) is -0.705. The molecule has 0 bridgehead atoms. The number of nitrogens with zero attached hydrogens (tertiary/aromatic N) is 1. The molecule has 0 saturated heterocycles. The summed E-state index contributed by atoms with van der Waals surface area (Å²) in [4.78, 5) is 14.6. The number of halogens is 2. The summed E-state index contributed by atoms with van der Waals surface area (Å²) in [6, 6.07) is 5.50. The smallest absolute Gasteiger partial charge is 0.274 e. The van der Waals surface area contributed by atoms with Crippen molar-refractivity contribution in [2.24, 2.45) is 0 Å². The number of rotatable bonds is 2. The first-order valence-electron chi connectivity index (χ1n) is 4.08. The van der Waals surface area contributed by atoms with Crippen molar-refractivity contribution < 1.29 is 13.6 Å². The maximum absolute atomic E-state index is 12.6. The predicted octanol–water partition coefficient (Wildman–Crippen LogP) is 2.86. The molecule has 1 aromatic heterocycles. The third-order valence-electron chi connectivity index (χ3n) is 1.86. The van der Waals surface area contributed by atoms with Gasteiger partial charge in [-0.3, -0.25) is 4.79 Å². The first-order chi connectivity index (χ1) is 7.18. The van der Waals surface area contributed by atoms with E-state index in [1.807, 2.05) is 0 Å². The second kappa shape index (κ2) is 3.82. The number of benzene rings is 1. The van der Waals surface area contributed by atoms with Crippen molar-refractivity contribution in [2.75, 3.05) is 0 Å². The summed E-state index contributed by atoms with van der Waals surface area (Å²) in [5.74, 6) is -0.119. The topological polar surface area (TPSA) is 43.1 Å². The highest BCUT2D eigenvalue weighted by Gasteiger charge is 2.15. The van der Waals surface area contributed by atoms with Crippen LogP contribution in [0.25, 0.3) is 11.3 Å². The molecule has 2 aromatic rings. The maximum atomic E-state index is 12.6. The van der Waals surface area contributed by atoms with E-state index in [2.05, 4.69) is 4.98 Å². The molecule has 2 rings (SSSR count). The molecule has 0 fully saturated rings. The Kier molecular flexibility index (Phi) is 2.51. The van der Waals surface area contributed by atoms with Gasteiger partial charge in [0.1, 0.15) is 5.82 Å². The normalized spacial score (nSPS) is 10.3. The molecule has 15 heavy (non-hydrogen) atoms. The molecule has 0 aliphatic rings. The summed E-state index contributed by atoms with van der Waals surface area (Å²) in [6.07, 6.45) is 1.12. The summed E-state index contributed by atoms with van der Waals surface area (Å²) in [5.41, 5.74) is 0.584. The standard InChI is InChI=1S/C10H5ClFNO2/c11-10(14)8-9(15-5-13-8)6-1-3-7(12)4-2-6/h1-5H. The third kappa shape index (κ3) is 1.89. The molecule has 0 atom stereocenters. The van der Waals surface area contributed by atoms with Crippen LogP contribution < -0.4 is 0 Å². The summed E-state index contributed by atoms with van der Waals surface area (Å²) in [6.45, 7) is 0. The van der Waals surface area contributed by atoms with Crippen LogP contribution in [0.5, 0.6) is 0 Å². The van der Waals surface area contributed by atoms with Gasteiger partial charge in [-0.25, -0.2) is 9.37 Å². The third-order valence-corrected chi connectivity index (χ3v) is 2.04. The zero-order valence-corrected chi connectivity index (χ0v) is 8.16. The van der Waals surface area contributed by atoms with Crippen LogP contribution in [0.2, 0.25) is 0 Å². The molecular weight excluding hydrogens is 221 g/mol. The SMILES string of the molecule is O=C(Cl)c1ncoc1-c1ccc(F)cc1. The molecule has 1 heterocycles. The molecule has 0 N–H and O–H groups in total. The lowest BCUT2D eigenvalue weighted by atomic mass is 10.1. The van der Waals surface area contributed by atoms with Gasteiger partial charge in [0.2, 0.25) is 0 Å². The first-order valence-corrected chi connectivity index (χ1v) is 4.45. The van der Waals surface area contributed by atoms with Crippen LogP contribution >= 0.6 is 11.6 Å². The highest BCUT2D eigenvalue weighted by molar-refractivity contribution is 6.67. The minimum Gasteiger partial charge on any atom is -0.443 e. The molecule has 0 radical (unpaired) electrons. The number of hydrogen-bond acceptors (Lipinski definition) is 3. The zero-order valence-electron chi connectivity index (χ0n) is 7.41. The van der Waals surface area contributed by atoms with Crippen LogP contribution in [-0.4, -0.2) is 10.2 Å². The Morgan fingerprint density at radius 2 is 2.00 bits per heavy atom. The number of carbonyl (C=O) groups excluding carboxylic acids is 1. The van der Waals surface area contributed by atoms with Crippen molar-refractivity contribution >= 4 is 16.8 Å². The van der Waals surface area contributed by atoms with Crippen LogP contribution in [0.1, 0.15) is 10.5 Å². The maximum Gasteiger partial charge on any atom is 0.274 e. The lowest BCUT2D eigenvalue weighted by Crippen LogP contribution is -1.91. The van der Waals surface area contributed by atoms with Crippen LogP contribution in [0, 0.1) is 5.82 Å². The van der Waals surface area contributed by atoms with Gasteiger partial charge in [-0.05, 0) is 35.9 Å². The molecule has 0 saturated carbocycles. The van der Waals surface area contributed by atoms with Crippen LogP contribution in [0.3, 0.4) is 0 Å². The van der Waals surface area contributed by atoms with Gasteiger partial charge in [0.15, 0.2) is 17.8 Å². The van der Waals surface area contributed by atoms with Gasteiger partial charge >= 0.3 is 0 Å². The fourth-order valence-corrected chi connectivity index (χ4v) is 1.33.